The molecule has 0 aromatic heterocycles. The monoisotopic (exact) mass is 415 g/mol. The van der Waals surface area contributed by atoms with Gasteiger partial charge in [0, 0.05) is 52.7 Å². The van der Waals surface area contributed by atoms with Crippen molar-refractivity contribution in [2.45, 2.75) is 39.3 Å². The van der Waals surface area contributed by atoms with E-state index in [1.54, 1.807) is 7.05 Å². The van der Waals surface area contributed by atoms with Gasteiger partial charge in [0.2, 0.25) is 5.91 Å². The number of guanidine groups is 1. The molecule has 0 atom stereocenters. The van der Waals surface area contributed by atoms with Crippen molar-refractivity contribution in [3.8, 4) is 0 Å². The number of carbonyl (C=O) groups excluding carboxylic acids is 1. The molecule has 2 saturated heterocycles. The van der Waals surface area contributed by atoms with Crippen LogP contribution in [-0.2, 0) is 22.6 Å². The van der Waals surface area contributed by atoms with Gasteiger partial charge in [-0.3, -0.25) is 9.69 Å². The zero-order chi connectivity index (χ0) is 21.2. The number of rotatable bonds is 7. The maximum Gasteiger partial charge on any atom is 0.220 e. The molecule has 0 bridgehead atoms. The van der Waals surface area contributed by atoms with E-state index in [1.807, 2.05) is 0 Å². The summed E-state index contributed by atoms with van der Waals surface area (Å²) in [5, 5.41) is 6.17. The van der Waals surface area contributed by atoms with Crippen LogP contribution in [0, 0.1) is 5.92 Å². The second kappa shape index (κ2) is 11.9. The molecule has 2 aliphatic rings. The predicted octanol–water partition coefficient (Wildman–Crippen LogP) is 1.83. The first-order chi connectivity index (χ1) is 14.7. The lowest BCUT2D eigenvalue weighted by Gasteiger charge is -2.34. The van der Waals surface area contributed by atoms with Crippen LogP contribution < -0.4 is 10.6 Å². The number of ether oxygens (including phenoxy) is 1. The number of carbonyl (C=O) groups is 1. The number of hydrogen-bond acceptors (Lipinski definition) is 4. The van der Waals surface area contributed by atoms with E-state index in [1.165, 1.54) is 11.1 Å². The van der Waals surface area contributed by atoms with Gasteiger partial charge < -0.3 is 20.3 Å². The van der Waals surface area contributed by atoms with Crippen molar-refractivity contribution in [2.75, 3.05) is 53.0 Å². The molecule has 1 amide bonds. The highest BCUT2D eigenvalue weighted by Gasteiger charge is 2.23. The molecule has 0 spiro atoms. The van der Waals surface area contributed by atoms with Crippen LogP contribution in [0.25, 0.3) is 0 Å². The van der Waals surface area contributed by atoms with Gasteiger partial charge >= 0.3 is 0 Å². The summed E-state index contributed by atoms with van der Waals surface area (Å²) in [5.74, 6) is 1.60. The summed E-state index contributed by atoms with van der Waals surface area (Å²) in [5.41, 5.74) is 2.57. The highest BCUT2D eigenvalue weighted by molar-refractivity contribution is 5.80. The number of aliphatic imine (C=N–C) groups is 1. The molecular weight excluding hydrogens is 378 g/mol. The third-order valence-corrected chi connectivity index (χ3v) is 5.95. The lowest BCUT2D eigenvalue weighted by molar-refractivity contribution is -0.121. The van der Waals surface area contributed by atoms with Crippen LogP contribution in [0.1, 0.15) is 37.3 Å². The topological polar surface area (TPSA) is 69.2 Å². The van der Waals surface area contributed by atoms with Crippen LogP contribution in [-0.4, -0.2) is 74.7 Å². The van der Waals surface area contributed by atoms with Crippen molar-refractivity contribution in [2.24, 2.45) is 10.9 Å². The fourth-order valence-electron chi connectivity index (χ4n) is 4.07. The fraction of sp³-hybridized carbons (Fsp3) is 0.652. The Balaban J connectivity index is 1.51. The minimum Gasteiger partial charge on any atom is -0.379 e. The van der Waals surface area contributed by atoms with E-state index >= 15 is 0 Å². The number of hydrogen-bond donors (Lipinski definition) is 2. The number of morpholine rings is 1. The van der Waals surface area contributed by atoms with Gasteiger partial charge in [-0.2, -0.15) is 0 Å². The summed E-state index contributed by atoms with van der Waals surface area (Å²) in [6, 6.07) is 8.83. The van der Waals surface area contributed by atoms with Crippen molar-refractivity contribution in [1.82, 2.24) is 20.4 Å². The molecule has 2 heterocycles. The molecular formula is C23H37N5O2. The summed E-state index contributed by atoms with van der Waals surface area (Å²) in [6.07, 6.45) is 2.71. The molecule has 2 fully saturated rings. The standard InChI is InChI=1S/C23H37N5O2/c1-3-25-23(28-10-8-19(9-11-28)16-22(29)24-2)26-17-20-4-6-21(7-5-20)18-27-12-14-30-15-13-27/h4-7,19H,3,8-18H2,1-2H3,(H,24,29)(H,25,26). The highest BCUT2D eigenvalue weighted by atomic mass is 16.5. The molecule has 3 rings (SSSR count). The van der Waals surface area contributed by atoms with E-state index in [0.717, 1.165) is 71.3 Å². The first-order valence-electron chi connectivity index (χ1n) is 11.3. The quantitative estimate of drug-likeness (QED) is 0.525. The summed E-state index contributed by atoms with van der Waals surface area (Å²) in [6.45, 7) is 10.2. The van der Waals surface area contributed by atoms with Gasteiger partial charge in [0.05, 0.1) is 19.8 Å². The van der Waals surface area contributed by atoms with Crippen LogP contribution in [0.4, 0.5) is 0 Å². The van der Waals surface area contributed by atoms with Gasteiger partial charge in [-0.05, 0) is 36.8 Å². The summed E-state index contributed by atoms with van der Waals surface area (Å²) in [4.78, 5) is 21.3. The number of amides is 1. The van der Waals surface area contributed by atoms with Gasteiger partial charge in [0.25, 0.3) is 0 Å². The van der Waals surface area contributed by atoms with Crippen molar-refractivity contribution in [1.29, 1.82) is 0 Å². The molecule has 0 radical (unpaired) electrons. The number of benzene rings is 1. The average molecular weight is 416 g/mol. The zero-order valence-electron chi connectivity index (χ0n) is 18.5. The van der Waals surface area contributed by atoms with Crippen LogP contribution >= 0.6 is 0 Å². The predicted molar refractivity (Wildman–Crippen MR) is 120 cm³/mol. The van der Waals surface area contributed by atoms with Crippen molar-refractivity contribution >= 4 is 11.9 Å². The Kier molecular flexibility index (Phi) is 8.96. The van der Waals surface area contributed by atoms with E-state index < -0.39 is 0 Å². The molecule has 30 heavy (non-hydrogen) atoms. The normalized spacial score (nSPS) is 19.0. The van der Waals surface area contributed by atoms with Gasteiger partial charge in [0.1, 0.15) is 0 Å². The van der Waals surface area contributed by atoms with E-state index in [9.17, 15) is 4.79 Å². The van der Waals surface area contributed by atoms with Crippen LogP contribution in [0.2, 0.25) is 0 Å². The van der Waals surface area contributed by atoms with Crippen molar-refractivity contribution < 1.29 is 9.53 Å². The fourth-order valence-corrected chi connectivity index (χ4v) is 4.07. The Labute approximate surface area is 180 Å². The molecule has 1 aromatic rings. The van der Waals surface area contributed by atoms with Crippen LogP contribution in [0.5, 0.6) is 0 Å². The second-order valence-electron chi connectivity index (χ2n) is 8.18. The molecule has 0 unspecified atom stereocenters. The van der Waals surface area contributed by atoms with E-state index in [0.29, 0.717) is 18.9 Å². The van der Waals surface area contributed by atoms with Crippen molar-refractivity contribution in [3.63, 3.8) is 0 Å². The average Bonchev–Trinajstić information content (AvgIpc) is 2.79. The Morgan fingerprint density at radius 1 is 1.10 bits per heavy atom. The van der Waals surface area contributed by atoms with E-state index in [2.05, 4.69) is 51.6 Å². The Hall–Kier alpha value is -2.12. The number of piperidine rings is 1. The third kappa shape index (κ3) is 6.99. The molecule has 7 nitrogen and oxygen atoms in total. The van der Waals surface area contributed by atoms with Crippen LogP contribution in [0.15, 0.2) is 29.3 Å². The maximum absolute atomic E-state index is 11.6. The Bertz CT molecular complexity index is 677. The first kappa shape index (κ1) is 22.6. The lowest BCUT2D eigenvalue weighted by Crippen LogP contribution is -2.46. The number of nitrogens with zero attached hydrogens (tertiary/aromatic N) is 3. The summed E-state index contributed by atoms with van der Waals surface area (Å²) < 4.78 is 5.42. The molecule has 7 heteroatoms. The second-order valence-corrected chi connectivity index (χ2v) is 8.18. The van der Waals surface area contributed by atoms with E-state index in [-0.39, 0.29) is 5.91 Å². The minimum absolute atomic E-state index is 0.145. The first-order valence-corrected chi connectivity index (χ1v) is 11.3. The molecule has 1 aromatic carbocycles. The number of likely N-dealkylation sites (tertiary alicyclic amines) is 1. The van der Waals surface area contributed by atoms with Gasteiger partial charge in [-0.15, -0.1) is 0 Å². The minimum atomic E-state index is 0.145. The van der Waals surface area contributed by atoms with Gasteiger partial charge in [0.15, 0.2) is 5.96 Å². The largest absolute Gasteiger partial charge is 0.379 e. The zero-order valence-corrected chi connectivity index (χ0v) is 18.5. The summed E-state index contributed by atoms with van der Waals surface area (Å²) >= 11 is 0. The van der Waals surface area contributed by atoms with Gasteiger partial charge in [-0.25, -0.2) is 4.99 Å². The Morgan fingerprint density at radius 2 is 1.77 bits per heavy atom. The smallest absolute Gasteiger partial charge is 0.220 e. The van der Waals surface area contributed by atoms with E-state index in [4.69, 9.17) is 9.73 Å². The molecule has 0 saturated carbocycles. The Morgan fingerprint density at radius 3 is 2.40 bits per heavy atom. The van der Waals surface area contributed by atoms with Crippen LogP contribution in [0.3, 0.4) is 0 Å². The SMILES string of the molecule is CCNC(=NCc1ccc(CN2CCOCC2)cc1)N1CCC(CC(=O)NC)CC1. The molecule has 166 valence electrons. The third-order valence-electron chi connectivity index (χ3n) is 5.95. The van der Waals surface area contributed by atoms with Gasteiger partial charge in [-0.1, -0.05) is 24.3 Å². The molecule has 2 aliphatic heterocycles. The molecule has 0 aliphatic carbocycles. The number of nitrogens with one attached hydrogen (secondary N) is 2. The molecule has 2 N–H and O–H groups in total. The van der Waals surface area contributed by atoms with Crippen molar-refractivity contribution in [3.05, 3.63) is 35.4 Å². The highest BCUT2D eigenvalue weighted by Crippen LogP contribution is 2.20. The maximum atomic E-state index is 11.6. The lowest BCUT2D eigenvalue weighted by atomic mass is 9.93. The summed E-state index contributed by atoms with van der Waals surface area (Å²) in [7, 11) is 1.71.